The molecule has 0 heterocycles. The third-order valence-corrected chi connectivity index (χ3v) is 6.51. The fourth-order valence-electron chi connectivity index (χ4n) is 4.46. The molecular weight excluding hydrogens is 378 g/mol. The molecule has 30 heavy (non-hydrogen) atoms. The first kappa shape index (κ1) is 22.8. The number of rotatable bonds is 10. The molecule has 0 amide bonds. The fraction of sp³-hybridized carbons (Fsp3) is 0.556. The van der Waals surface area contributed by atoms with Crippen molar-refractivity contribution in [1.82, 2.24) is 0 Å². The Morgan fingerprint density at radius 1 is 0.800 bits per heavy atom. The molecule has 0 radical (unpaired) electrons. The molecule has 1 aliphatic carbocycles. The summed E-state index contributed by atoms with van der Waals surface area (Å²) in [5, 5.41) is 0. The van der Waals surface area contributed by atoms with Crippen LogP contribution in [0.25, 0.3) is 11.1 Å². The highest BCUT2D eigenvalue weighted by Crippen LogP contribution is 2.37. The van der Waals surface area contributed by atoms with Gasteiger partial charge in [-0.25, -0.2) is 4.39 Å². The lowest BCUT2D eigenvalue weighted by Gasteiger charge is -2.26. The minimum absolute atomic E-state index is 0.0118. The van der Waals surface area contributed by atoms with E-state index in [1.807, 2.05) is 12.1 Å². The van der Waals surface area contributed by atoms with Gasteiger partial charge in [0.2, 0.25) is 5.82 Å². The maximum Gasteiger partial charge on any atom is 0.201 e. The number of halogens is 2. The van der Waals surface area contributed by atoms with Crippen molar-refractivity contribution in [2.75, 3.05) is 6.61 Å². The van der Waals surface area contributed by atoms with Crippen LogP contribution in [-0.2, 0) is 0 Å². The Balaban J connectivity index is 1.58. The van der Waals surface area contributed by atoms with E-state index in [2.05, 4.69) is 26.0 Å². The van der Waals surface area contributed by atoms with Gasteiger partial charge in [0.1, 0.15) is 0 Å². The van der Waals surface area contributed by atoms with Crippen molar-refractivity contribution < 1.29 is 13.5 Å². The quantitative estimate of drug-likeness (QED) is 0.353. The Bertz CT molecular complexity index is 776. The first-order valence-corrected chi connectivity index (χ1v) is 11.8. The number of benzene rings is 2. The molecule has 164 valence electrons. The van der Waals surface area contributed by atoms with E-state index < -0.39 is 11.6 Å². The molecule has 1 nitrogen and oxygen atoms in total. The van der Waals surface area contributed by atoms with Crippen LogP contribution in [0.3, 0.4) is 0 Å². The van der Waals surface area contributed by atoms with Gasteiger partial charge in [-0.2, -0.15) is 4.39 Å². The Morgan fingerprint density at radius 3 is 2.17 bits per heavy atom. The maximum atomic E-state index is 14.7. The smallest absolute Gasteiger partial charge is 0.201 e. The van der Waals surface area contributed by atoms with E-state index >= 15 is 0 Å². The van der Waals surface area contributed by atoms with Gasteiger partial charge < -0.3 is 4.74 Å². The third-order valence-electron chi connectivity index (χ3n) is 6.51. The van der Waals surface area contributed by atoms with Crippen LogP contribution in [0.1, 0.15) is 89.5 Å². The van der Waals surface area contributed by atoms with Crippen LogP contribution in [0.15, 0.2) is 36.4 Å². The largest absolute Gasteiger partial charge is 0.490 e. The van der Waals surface area contributed by atoms with Crippen LogP contribution in [-0.4, -0.2) is 6.61 Å². The Morgan fingerprint density at radius 2 is 1.47 bits per heavy atom. The topological polar surface area (TPSA) is 9.23 Å². The molecule has 2 aromatic carbocycles. The number of ether oxygens (including phenoxy) is 1. The predicted molar refractivity (Wildman–Crippen MR) is 121 cm³/mol. The number of hydrogen-bond acceptors (Lipinski definition) is 1. The average molecular weight is 415 g/mol. The zero-order valence-electron chi connectivity index (χ0n) is 18.6. The van der Waals surface area contributed by atoms with Crippen molar-refractivity contribution in [2.24, 2.45) is 5.92 Å². The summed E-state index contributed by atoms with van der Waals surface area (Å²) < 4.78 is 34.7. The van der Waals surface area contributed by atoms with Gasteiger partial charge in [-0.15, -0.1) is 0 Å². The average Bonchev–Trinajstić information content (AvgIpc) is 2.77. The summed E-state index contributed by atoms with van der Waals surface area (Å²) in [6.07, 6.45) is 11.8. The number of hydrogen-bond donors (Lipinski definition) is 0. The normalized spacial score (nSPS) is 19.1. The molecule has 1 saturated carbocycles. The molecule has 1 aliphatic rings. The van der Waals surface area contributed by atoms with Gasteiger partial charge in [0, 0.05) is 5.56 Å². The van der Waals surface area contributed by atoms with Gasteiger partial charge in [-0.05, 0) is 54.4 Å². The summed E-state index contributed by atoms with van der Waals surface area (Å²) in [5.41, 5.74) is 2.32. The minimum atomic E-state index is -0.885. The van der Waals surface area contributed by atoms with E-state index in [0.717, 1.165) is 18.8 Å². The summed E-state index contributed by atoms with van der Waals surface area (Å²) in [7, 11) is 0. The van der Waals surface area contributed by atoms with Gasteiger partial charge in [0.15, 0.2) is 11.6 Å². The Hall–Kier alpha value is -1.90. The summed E-state index contributed by atoms with van der Waals surface area (Å²) in [5.74, 6) is -0.287. The van der Waals surface area contributed by atoms with Gasteiger partial charge >= 0.3 is 0 Å². The molecule has 0 unspecified atom stereocenters. The summed E-state index contributed by atoms with van der Waals surface area (Å²) in [6.45, 7) is 4.93. The molecule has 2 aromatic rings. The van der Waals surface area contributed by atoms with Crippen molar-refractivity contribution in [3.8, 4) is 16.9 Å². The summed E-state index contributed by atoms with van der Waals surface area (Å²) >= 11 is 0. The van der Waals surface area contributed by atoms with Crippen LogP contribution in [0, 0.1) is 17.6 Å². The molecule has 0 bridgehead atoms. The van der Waals surface area contributed by atoms with E-state index in [1.165, 1.54) is 56.9 Å². The van der Waals surface area contributed by atoms with Crippen LogP contribution in [0.5, 0.6) is 5.75 Å². The van der Waals surface area contributed by atoms with Crippen LogP contribution < -0.4 is 4.74 Å². The van der Waals surface area contributed by atoms with E-state index in [-0.39, 0.29) is 5.75 Å². The second kappa shape index (κ2) is 11.5. The molecule has 0 aliphatic heterocycles. The standard InChI is InChI=1S/C27H36F2O/c1-3-4-5-6-7-8-19-30-25-18-17-24(26(28)27(25)29)23-15-13-22(14-16-23)21-11-9-20(2)10-12-21/h13-18,20-21H,3-12,19H2,1-2H3. The summed E-state index contributed by atoms with van der Waals surface area (Å²) in [6, 6.07) is 11.2. The highest BCUT2D eigenvalue weighted by Gasteiger charge is 2.20. The van der Waals surface area contributed by atoms with Gasteiger partial charge in [0.25, 0.3) is 0 Å². The van der Waals surface area contributed by atoms with Crippen molar-refractivity contribution in [3.05, 3.63) is 53.6 Å². The molecular formula is C27H36F2O. The van der Waals surface area contributed by atoms with Gasteiger partial charge in [-0.1, -0.05) is 83.1 Å². The monoisotopic (exact) mass is 414 g/mol. The molecule has 0 saturated heterocycles. The fourth-order valence-corrected chi connectivity index (χ4v) is 4.46. The SMILES string of the molecule is CCCCCCCCOc1ccc(-c2ccc(C3CCC(C)CC3)cc2)c(F)c1F. The van der Waals surface area contributed by atoms with Gasteiger partial charge in [0.05, 0.1) is 6.61 Å². The van der Waals surface area contributed by atoms with Crippen LogP contribution >= 0.6 is 0 Å². The molecule has 3 heteroatoms. The molecule has 0 N–H and O–H groups in total. The first-order valence-electron chi connectivity index (χ1n) is 11.8. The predicted octanol–water partition coefficient (Wildman–Crippen LogP) is 8.66. The van der Waals surface area contributed by atoms with Crippen molar-refractivity contribution in [1.29, 1.82) is 0 Å². The Labute approximate surface area is 180 Å². The highest BCUT2D eigenvalue weighted by atomic mass is 19.2. The minimum Gasteiger partial charge on any atom is -0.490 e. The maximum absolute atomic E-state index is 14.7. The third kappa shape index (κ3) is 6.06. The molecule has 0 atom stereocenters. The van der Waals surface area contributed by atoms with Crippen LogP contribution in [0.2, 0.25) is 0 Å². The number of unbranched alkanes of at least 4 members (excludes halogenated alkanes) is 5. The van der Waals surface area contributed by atoms with Crippen LogP contribution in [0.4, 0.5) is 8.78 Å². The van der Waals surface area contributed by atoms with E-state index in [4.69, 9.17) is 4.74 Å². The molecule has 0 spiro atoms. The lowest BCUT2D eigenvalue weighted by atomic mass is 9.79. The van der Waals surface area contributed by atoms with Crippen molar-refractivity contribution in [3.63, 3.8) is 0 Å². The Kier molecular flexibility index (Phi) is 8.72. The molecule has 1 fully saturated rings. The van der Waals surface area contributed by atoms with Gasteiger partial charge in [-0.3, -0.25) is 0 Å². The zero-order valence-corrected chi connectivity index (χ0v) is 18.6. The lowest BCUT2D eigenvalue weighted by Crippen LogP contribution is -2.10. The van der Waals surface area contributed by atoms with Crippen molar-refractivity contribution >= 4 is 0 Å². The zero-order chi connectivity index (χ0) is 21.3. The van der Waals surface area contributed by atoms with E-state index in [9.17, 15) is 8.78 Å². The lowest BCUT2D eigenvalue weighted by molar-refractivity contribution is 0.285. The van der Waals surface area contributed by atoms with E-state index in [0.29, 0.717) is 23.7 Å². The second-order valence-corrected chi connectivity index (χ2v) is 8.93. The molecule has 3 rings (SSSR count). The second-order valence-electron chi connectivity index (χ2n) is 8.93. The summed E-state index contributed by atoms with van der Waals surface area (Å²) in [4.78, 5) is 0. The highest BCUT2D eigenvalue weighted by molar-refractivity contribution is 5.65. The van der Waals surface area contributed by atoms with E-state index in [1.54, 1.807) is 12.1 Å². The van der Waals surface area contributed by atoms with Crippen molar-refractivity contribution in [2.45, 2.75) is 84.0 Å². The first-order chi connectivity index (χ1) is 14.6. The molecule has 0 aromatic heterocycles.